The highest BCUT2D eigenvalue weighted by Crippen LogP contribution is 2.26. The number of amides is 2. The number of nitro benzene ring substituents is 1. The van der Waals surface area contributed by atoms with Crippen molar-refractivity contribution in [2.24, 2.45) is 0 Å². The van der Waals surface area contributed by atoms with Gasteiger partial charge in [0.15, 0.2) is 0 Å². The molecular weight excluding hydrogens is 412 g/mol. The second-order valence-electron chi connectivity index (χ2n) is 6.23. The van der Waals surface area contributed by atoms with E-state index in [1.165, 1.54) is 29.2 Å². The molecule has 0 saturated carbocycles. The number of likely N-dealkylation sites (tertiary alicyclic amines) is 1. The van der Waals surface area contributed by atoms with Gasteiger partial charge in [-0.15, -0.1) is 0 Å². The largest absolute Gasteiger partial charge is 0.327 e. The molecule has 3 rings (SSSR count). The number of hydrogen-bond donors (Lipinski definition) is 1. The van der Waals surface area contributed by atoms with Gasteiger partial charge in [0, 0.05) is 33.9 Å². The average molecular weight is 426 g/mol. The Labute approximate surface area is 169 Å². The highest BCUT2D eigenvalue weighted by Gasteiger charge is 2.35. The van der Waals surface area contributed by atoms with Crippen LogP contribution in [0.15, 0.2) is 36.4 Å². The minimum Gasteiger partial charge on any atom is -0.327 e. The van der Waals surface area contributed by atoms with Crippen molar-refractivity contribution in [1.82, 2.24) is 4.90 Å². The van der Waals surface area contributed by atoms with Crippen molar-refractivity contribution in [3.05, 3.63) is 67.9 Å². The first-order valence-electron chi connectivity index (χ1n) is 8.28. The maximum atomic E-state index is 13.5. The molecule has 7 nitrogen and oxygen atoms in total. The second kappa shape index (κ2) is 8.12. The normalized spacial score (nSPS) is 16.1. The van der Waals surface area contributed by atoms with Crippen molar-refractivity contribution >= 4 is 46.4 Å². The van der Waals surface area contributed by atoms with E-state index in [2.05, 4.69) is 5.32 Å². The molecule has 2 amide bonds. The quantitative estimate of drug-likeness (QED) is 0.584. The average Bonchev–Trinajstić information content (AvgIpc) is 3.11. The van der Waals surface area contributed by atoms with E-state index in [1.54, 1.807) is 0 Å². The predicted octanol–water partition coefficient (Wildman–Crippen LogP) is 4.28. The Hall–Kier alpha value is -2.71. The van der Waals surface area contributed by atoms with Gasteiger partial charge in [-0.2, -0.15) is 4.39 Å². The van der Waals surface area contributed by atoms with Crippen LogP contribution in [0.4, 0.5) is 15.8 Å². The third kappa shape index (κ3) is 4.23. The summed E-state index contributed by atoms with van der Waals surface area (Å²) in [6.45, 7) is 0.366. The SMILES string of the molecule is O=C(Nc1ccc(F)c([N+](=O)[O-])c1)C1CCCN1C(=O)c1cc(Cl)cc(Cl)c1. The van der Waals surface area contributed by atoms with Crippen molar-refractivity contribution in [3.8, 4) is 0 Å². The van der Waals surface area contributed by atoms with Gasteiger partial charge in [0.2, 0.25) is 11.7 Å². The van der Waals surface area contributed by atoms with Crippen molar-refractivity contribution in [1.29, 1.82) is 0 Å². The molecule has 0 spiro atoms. The number of anilines is 1. The van der Waals surface area contributed by atoms with Crippen LogP contribution in [0.5, 0.6) is 0 Å². The second-order valence-corrected chi connectivity index (χ2v) is 7.10. The van der Waals surface area contributed by atoms with E-state index in [9.17, 15) is 24.1 Å². The lowest BCUT2D eigenvalue weighted by Crippen LogP contribution is -2.43. The minimum absolute atomic E-state index is 0.0724. The minimum atomic E-state index is -1.00. The number of benzene rings is 2. The van der Waals surface area contributed by atoms with E-state index in [0.29, 0.717) is 29.4 Å². The van der Waals surface area contributed by atoms with Gasteiger partial charge in [-0.25, -0.2) is 0 Å². The highest BCUT2D eigenvalue weighted by atomic mass is 35.5. The van der Waals surface area contributed by atoms with Crippen LogP contribution >= 0.6 is 23.2 Å². The Morgan fingerprint density at radius 3 is 2.50 bits per heavy atom. The summed E-state index contributed by atoms with van der Waals surface area (Å²) >= 11 is 11.9. The predicted molar refractivity (Wildman–Crippen MR) is 102 cm³/mol. The molecule has 28 heavy (non-hydrogen) atoms. The molecule has 2 aromatic carbocycles. The number of rotatable bonds is 4. The number of nitro groups is 1. The van der Waals surface area contributed by atoms with Crippen molar-refractivity contribution in [2.45, 2.75) is 18.9 Å². The molecule has 146 valence electrons. The zero-order valence-electron chi connectivity index (χ0n) is 14.3. The van der Waals surface area contributed by atoms with Crippen LogP contribution in [0.25, 0.3) is 0 Å². The molecular formula is C18H14Cl2FN3O4. The summed E-state index contributed by atoms with van der Waals surface area (Å²) in [5.41, 5.74) is -0.413. The zero-order chi connectivity index (χ0) is 20.4. The first kappa shape index (κ1) is 20.0. The van der Waals surface area contributed by atoms with Crippen LogP contribution < -0.4 is 5.32 Å². The van der Waals surface area contributed by atoms with E-state index in [1.807, 2.05) is 0 Å². The molecule has 1 aliphatic heterocycles. The van der Waals surface area contributed by atoms with Gasteiger partial charge in [0.05, 0.1) is 4.92 Å². The number of nitrogens with one attached hydrogen (secondary N) is 1. The van der Waals surface area contributed by atoms with E-state index < -0.39 is 34.3 Å². The third-order valence-electron chi connectivity index (χ3n) is 4.34. The fourth-order valence-electron chi connectivity index (χ4n) is 3.08. The summed E-state index contributed by atoms with van der Waals surface area (Å²) in [6.07, 6.45) is 1.04. The van der Waals surface area contributed by atoms with Gasteiger partial charge >= 0.3 is 5.69 Å². The molecule has 1 fully saturated rings. The molecule has 0 radical (unpaired) electrons. The van der Waals surface area contributed by atoms with Gasteiger partial charge in [-0.3, -0.25) is 19.7 Å². The topological polar surface area (TPSA) is 92.5 Å². The van der Waals surface area contributed by atoms with E-state index >= 15 is 0 Å². The Morgan fingerprint density at radius 1 is 1.18 bits per heavy atom. The maximum absolute atomic E-state index is 13.5. The number of nitrogens with zero attached hydrogens (tertiary/aromatic N) is 2. The Balaban J connectivity index is 1.79. The highest BCUT2D eigenvalue weighted by molar-refractivity contribution is 6.35. The molecule has 10 heteroatoms. The van der Waals surface area contributed by atoms with Crippen molar-refractivity contribution in [3.63, 3.8) is 0 Å². The molecule has 1 saturated heterocycles. The fraction of sp³-hybridized carbons (Fsp3) is 0.222. The maximum Gasteiger partial charge on any atom is 0.306 e. The summed E-state index contributed by atoms with van der Waals surface area (Å²) in [7, 11) is 0. The molecule has 1 N–H and O–H groups in total. The lowest BCUT2D eigenvalue weighted by Gasteiger charge is -2.24. The summed E-state index contributed by atoms with van der Waals surface area (Å²) < 4.78 is 13.5. The summed E-state index contributed by atoms with van der Waals surface area (Å²) in [6, 6.07) is 6.71. The van der Waals surface area contributed by atoms with Crippen molar-refractivity contribution < 1.29 is 18.9 Å². The van der Waals surface area contributed by atoms with Crippen LogP contribution in [0.1, 0.15) is 23.2 Å². The van der Waals surface area contributed by atoms with Gasteiger partial charge in [0.25, 0.3) is 5.91 Å². The van der Waals surface area contributed by atoms with Crippen LogP contribution in [0, 0.1) is 15.9 Å². The summed E-state index contributed by atoms with van der Waals surface area (Å²) in [5, 5.41) is 14.0. The monoisotopic (exact) mass is 425 g/mol. The first-order chi connectivity index (χ1) is 13.3. The fourth-order valence-corrected chi connectivity index (χ4v) is 3.61. The van der Waals surface area contributed by atoms with Crippen LogP contribution in [-0.2, 0) is 4.79 Å². The Morgan fingerprint density at radius 2 is 1.86 bits per heavy atom. The van der Waals surface area contributed by atoms with Crippen LogP contribution in [0.3, 0.4) is 0 Å². The molecule has 1 aliphatic rings. The number of hydrogen-bond acceptors (Lipinski definition) is 4. The van der Waals surface area contributed by atoms with Gasteiger partial charge in [0.1, 0.15) is 6.04 Å². The Bertz CT molecular complexity index is 950. The first-order valence-corrected chi connectivity index (χ1v) is 9.03. The van der Waals surface area contributed by atoms with Gasteiger partial charge < -0.3 is 10.2 Å². The third-order valence-corrected chi connectivity index (χ3v) is 4.77. The molecule has 1 unspecified atom stereocenters. The molecule has 0 aromatic heterocycles. The Kier molecular flexibility index (Phi) is 5.81. The van der Waals surface area contributed by atoms with Crippen LogP contribution in [0.2, 0.25) is 10.0 Å². The summed E-state index contributed by atoms with van der Waals surface area (Å²) in [4.78, 5) is 36.8. The number of halogens is 3. The van der Waals surface area contributed by atoms with E-state index in [4.69, 9.17) is 23.2 Å². The van der Waals surface area contributed by atoms with Crippen LogP contribution in [-0.4, -0.2) is 34.2 Å². The number of carbonyl (C=O) groups excluding carboxylic acids is 2. The van der Waals surface area contributed by atoms with E-state index in [0.717, 1.165) is 12.1 Å². The molecule has 1 heterocycles. The van der Waals surface area contributed by atoms with Gasteiger partial charge in [-0.1, -0.05) is 23.2 Å². The molecule has 0 aliphatic carbocycles. The van der Waals surface area contributed by atoms with Crippen molar-refractivity contribution in [2.75, 3.05) is 11.9 Å². The van der Waals surface area contributed by atoms with Gasteiger partial charge in [-0.05, 0) is 43.2 Å². The number of carbonyl (C=O) groups is 2. The lowest BCUT2D eigenvalue weighted by atomic mass is 10.1. The standard InChI is InChI=1S/C18H14Cl2FN3O4/c19-11-6-10(7-12(20)8-11)18(26)23-5-1-2-15(23)17(25)22-13-3-4-14(21)16(9-13)24(27)28/h3-4,6-9,15H,1-2,5H2,(H,22,25). The smallest absolute Gasteiger partial charge is 0.306 e. The molecule has 0 bridgehead atoms. The summed E-state index contributed by atoms with van der Waals surface area (Å²) in [5.74, 6) is -1.91. The zero-order valence-corrected chi connectivity index (χ0v) is 15.8. The molecule has 1 atom stereocenters. The lowest BCUT2D eigenvalue weighted by molar-refractivity contribution is -0.387. The van der Waals surface area contributed by atoms with E-state index in [-0.39, 0.29) is 11.3 Å². The molecule has 2 aromatic rings.